The lowest BCUT2D eigenvalue weighted by Gasteiger charge is -2.43. The summed E-state index contributed by atoms with van der Waals surface area (Å²) in [6, 6.07) is 12.8. The second-order valence-electron chi connectivity index (χ2n) is 11.3. The molecule has 13 heteroatoms. The molecule has 2 aromatic carbocycles. The van der Waals surface area contributed by atoms with E-state index in [-0.39, 0.29) is 65.2 Å². The molecule has 3 N–H and O–H groups in total. The van der Waals surface area contributed by atoms with Crippen LogP contribution in [0.1, 0.15) is 29.2 Å². The van der Waals surface area contributed by atoms with E-state index in [1.165, 1.54) is 24.3 Å². The molecule has 7 atom stereocenters. The quantitative estimate of drug-likeness (QED) is 0.323. The number of imide groups is 1. The van der Waals surface area contributed by atoms with Gasteiger partial charge in [0.1, 0.15) is 11.6 Å². The van der Waals surface area contributed by atoms with E-state index in [0.29, 0.717) is 11.4 Å². The second kappa shape index (κ2) is 10.6. The van der Waals surface area contributed by atoms with Gasteiger partial charge in [-0.2, -0.15) is 0 Å². The van der Waals surface area contributed by atoms with Crippen molar-refractivity contribution in [2.24, 2.45) is 29.6 Å². The van der Waals surface area contributed by atoms with Crippen LogP contribution in [0.2, 0.25) is 0 Å². The normalized spacial score (nSPS) is 28.4. The van der Waals surface area contributed by atoms with Gasteiger partial charge in [0.25, 0.3) is 5.91 Å². The molecule has 10 nitrogen and oxygen atoms in total. The van der Waals surface area contributed by atoms with Crippen LogP contribution in [-0.2, 0) is 19.2 Å². The molecule has 0 radical (unpaired) electrons. The molecule has 2 aliphatic heterocycles. The summed E-state index contributed by atoms with van der Waals surface area (Å²) in [4.78, 5) is 67.8. The van der Waals surface area contributed by atoms with Crippen molar-refractivity contribution in [1.29, 1.82) is 0 Å². The van der Waals surface area contributed by atoms with E-state index in [9.17, 15) is 28.4 Å². The highest BCUT2D eigenvalue weighted by molar-refractivity contribution is 8.00. The average Bonchev–Trinajstić information content (AvgIpc) is 3.71. The number of thioether (sulfide) groups is 1. The number of aliphatic carboxylic acids is 1. The maximum atomic E-state index is 13.5. The number of thiazole rings is 1. The molecule has 0 spiro atoms. The van der Waals surface area contributed by atoms with Gasteiger partial charge in [0.15, 0.2) is 6.61 Å². The first-order valence-corrected chi connectivity index (χ1v) is 15.6. The van der Waals surface area contributed by atoms with Crippen LogP contribution in [0.3, 0.4) is 0 Å². The van der Waals surface area contributed by atoms with E-state index < -0.39 is 29.5 Å². The predicted octanol–water partition coefficient (Wildman–Crippen LogP) is 3.54. The smallest absolute Gasteiger partial charge is 0.305 e. The fraction of sp³-hybridized carbons (Fsp3) is 0.367. The van der Waals surface area contributed by atoms with Crippen molar-refractivity contribution in [2.45, 2.75) is 29.0 Å². The Balaban J connectivity index is 1.15. The third-order valence-electron chi connectivity index (χ3n) is 9.08. The van der Waals surface area contributed by atoms with Crippen LogP contribution in [-0.4, -0.2) is 57.1 Å². The monoisotopic (exact) mass is 623 g/mol. The van der Waals surface area contributed by atoms with Gasteiger partial charge in [-0.3, -0.25) is 28.9 Å². The van der Waals surface area contributed by atoms with Crippen molar-refractivity contribution < 1.29 is 33.4 Å². The van der Waals surface area contributed by atoms with Gasteiger partial charge in [-0.25, -0.2) is 4.39 Å². The van der Waals surface area contributed by atoms with Gasteiger partial charge in [-0.1, -0.05) is 23.5 Å². The number of rotatable bonds is 8. The number of amides is 3. The van der Waals surface area contributed by atoms with Crippen LogP contribution < -0.4 is 14.9 Å². The van der Waals surface area contributed by atoms with Crippen LogP contribution in [0.25, 0.3) is 0 Å². The van der Waals surface area contributed by atoms with E-state index in [4.69, 9.17) is 9.84 Å². The first kappa shape index (κ1) is 27.8. The number of ether oxygens (including phenoxy) is 1. The van der Waals surface area contributed by atoms with Crippen LogP contribution in [0, 0.1) is 35.4 Å². The number of nitrogens with zero attached hydrogens (tertiary/aromatic N) is 1. The van der Waals surface area contributed by atoms with Crippen LogP contribution >= 0.6 is 23.1 Å². The minimum atomic E-state index is -1.06. The Labute approximate surface area is 252 Å². The molecule has 2 saturated carbocycles. The molecule has 1 saturated heterocycles. The summed E-state index contributed by atoms with van der Waals surface area (Å²) in [6.45, 7) is -0.395. The molecular weight excluding hydrogens is 597 g/mol. The van der Waals surface area contributed by atoms with Crippen LogP contribution in [0.5, 0.6) is 5.75 Å². The Morgan fingerprint density at radius 2 is 1.81 bits per heavy atom. The van der Waals surface area contributed by atoms with Crippen molar-refractivity contribution in [3.8, 4) is 5.75 Å². The number of carboxylic acids is 1. The predicted molar refractivity (Wildman–Crippen MR) is 154 cm³/mol. The number of halogens is 1. The zero-order valence-electron chi connectivity index (χ0n) is 22.5. The number of H-pyrrole nitrogens is 1. The molecule has 7 rings (SSSR count). The summed E-state index contributed by atoms with van der Waals surface area (Å²) in [5, 5.41) is 12.6. The topological polar surface area (TPSA) is 146 Å². The number of hydrogen-bond donors (Lipinski definition) is 3. The van der Waals surface area contributed by atoms with Crippen LogP contribution in [0.15, 0.2) is 58.4 Å². The molecule has 3 amide bonds. The van der Waals surface area contributed by atoms with Crippen molar-refractivity contribution >= 4 is 52.5 Å². The molecule has 222 valence electrons. The Morgan fingerprint density at radius 3 is 2.56 bits per heavy atom. The van der Waals surface area contributed by atoms with E-state index >= 15 is 0 Å². The molecule has 3 heterocycles. The molecule has 6 unspecified atom stereocenters. The molecule has 2 bridgehead atoms. The fourth-order valence-corrected chi connectivity index (χ4v) is 10.4. The van der Waals surface area contributed by atoms with E-state index in [1.54, 1.807) is 17.8 Å². The summed E-state index contributed by atoms with van der Waals surface area (Å²) in [6.07, 6.45) is 0.432. The third-order valence-corrected chi connectivity index (χ3v) is 11.7. The SMILES string of the molecule is O=C(O)CCN1C(=O)C2C3CC(C2C1=O)C1C3Sc2[nH]c(=O)sc2[C@@H]1c1cccc(OCC(=O)Nc2ccc(F)cc2)c1. The number of likely N-dealkylation sites (tertiary alicyclic amines) is 1. The Kier molecular flexibility index (Phi) is 6.88. The number of hydrogen-bond acceptors (Lipinski definition) is 8. The Morgan fingerprint density at radius 1 is 1.07 bits per heavy atom. The summed E-state index contributed by atoms with van der Waals surface area (Å²) >= 11 is 2.72. The van der Waals surface area contributed by atoms with Gasteiger partial charge in [0, 0.05) is 28.3 Å². The number of fused-ring (bicyclic) bond motifs is 9. The zero-order chi connectivity index (χ0) is 30.0. The Bertz CT molecular complexity index is 1710. The molecule has 2 aliphatic carbocycles. The van der Waals surface area contributed by atoms with Gasteiger partial charge in [0.05, 0.1) is 23.3 Å². The van der Waals surface area contributed by atoms with Crippen LogP contribution in [0.4, 0.5) is 10.1 Å². The van der Waals surface area contributed by atoms with E-state index in [2.05, 4.69) is 10.3 Å². The summed E-state index contributed by atoms with van der Waals surface area (Å²) < 4.78 is 19.0. The number of carboxylic acid groups (broad SMARTS) is 1. The molecule has 1 aromatic heterocycles. The third kappa shape index (κ3) is 4.74. The van der Waals surface area contributed by atoms with Gasteiger partial charge >= 0.3 is 10.8 Å². The molecule has 3 fully saturated rings. The molecule has 3 aromatic rings. The van der Waals surface area contributed by atoms with Crippen molar-refractivity contribution in [3.05, 3.63) is 74.5 Å². The van der Waals surface area contributed by atoms with Gasteiger partial charge in [0.2, 0.25) is 11.8 Å². The van der Waals surface area contributed by atoms with Gasteiger partial charge in [-0.15, -0.1) is 11.8 Å². The molecule has 43 heavy (non-hydrogen) atoms. The summed E-state index contributed by atoms with van der Waals surface area (Å²) in [5.41, 5.74) is 1.33. The lowest BCUT2D eigenvalue weighted by molar-refractivity contribution is -0.142. The number of aromatic amines is 1. The van der Waals surface area contributed by atoms with Crippen molar-refractivity contribution in [1.82, 2.24) is 9.88 Å². The Hall–Kier alpha value is -3.97. The maximum Gasteiger partial charge on any atom is 0.305 e. The number of carbonyl (C=O) groups is 4. The fourth-order valence-electron chi connectivity index (χ4n) is 7.56. The lowest BCUT2D eigenvalue weighted by atomic mass is 9.68. The minimum Gasteiger partial charge on any atom is -0.484 e. The van der Waals surface area contributed by atoms with Gasteiger partial charge in [-0.05, 0) is 66.1 Å². The van der Waals surface area contributed by atoms with E-state index in [1.807, 2.05) is 18.2 Å². The number of aromatic nitrogens is 1. The highest BCUT2D eigenvalue weighted by atomic mass is 32.2. The number of nitrogens with one attached hydrogen (secondary N) is 2. The number of benzene rings is 2. The highest BCUT2D eigenvalue weighted by Gasteiger charge is 2.69. The highest BCUT2D eigenvalue weighted by Crippen LogP contribution is 2.68. The second-order valence-corrected chi connectivity index (χ2v) is 13.6. The first-order chi connectivity index (χ1) is 20.7. The maximum absolute atomic E-state index is 13.5. The summed E-state index contributed by atoms with van der Waals surface area (Å²) in [7, 11) is 0. The van der Waals surface area contributed by atoms with Gasteiger partial charge < -0.3 is 20.1 Å². The largest absolute Gasteiger partial charge is 0.484 e. The first-order valence-electron chi connectivity index (χ1n) is 13.9. The minimum absolute atomic E-state index is 0.00349. The van der Waals surface area contributed by atoms with E-state index in [0.717, 1.165) is 38.1 Å². The number of anilines is 1. The lowest BCUT2D eigenvalue weighted by Crippen LogP contribution is -2.42. The standard InChI is InChI=1S/C30H26FN3O7S2/c31-14-4-6-15(7-5-14)32-19(35)12-41-16-3-1-2-13(10-16)21-22-17-11-18(25(22)42-27-26(21)43-30(40)33-27)24-23(17)28(38)34(29(24)39)9-8-20(36)37/h1-7,10,17-18,21-25H,8-9,11-12H2,(H,32,35)(H,33,40)(H,36,37)/t17?,18?,21-,22?,23?,24?,25?/m1/s1. The number of carbonyl (C=O) groups excluding carboxylic acids is 3. The molecular formula is C30H26FN3O7S2. The zero-order valence-corrected chi connectivity index (χ0v) is 24.2. The molecule has 4 aliphatic rings. The average molecular weight is 624 g/mol. The van der Waals surface area contributed by atoms with Crippen molar-refractivity contribution in [2.75, 3.05) is 18.5 Å². The summed E-state index contributed by atoms with van der Waals surface area (Å²) in [5.74, 6) is -3.37. The van der Waals surface area contributed by atoms with Crippen molar-refractivity contribution in [3.63, 3.8) is 0 Å².